The molecule has 0 saturated carbocycles. The van der Waals surface area contributed by atoms with Crippen molar-refractivity contribution in [2.45, 2.75) is 52.1 Å². The zero-order chi connectivity index (χ0) is 30.1. The van der Waals surface area contributed by atoms with Gasteiger partial charge in [-0.2, -0.15) is 0 Å². The fourth-order valence-electron chi connectivity index (χ4n) is 4.85. The standard InChI is InChI=1S/C32H39N3O6S/c1-4-18-33-32(37)28(20-25-9-6-5-7-10-25)34(22-26-14-12-24(2)13-15-26)31(36)11-8-19-35(42(3,38)39)27-16-17-29-30(21-27)41-23-40-29/h5-7,9-10,12-17,21,28H,4,8,11,18-20,22-23H2,1-3H3,(H,33,37). The Kier molecular flexibility index (Phi) is 10.5. The van der Waals surface area contributed by atoms with Gasteiger partial charge < -0.3 is 19.7 Å². The predicted molar refractivity (Wildman–Crippen MR) is 163 cm³/mol. The topological polar surface area (TPSA) is 105 Å². The second-order valence-corrected chi connectivity index (χ2v) is 12.4. The molecule has 42 heavy (non-hydrogen) atoms. The monoisotopic (exact) mass is 593 g/mol. The highest BCUT2D eigenvalue weighted by Crippen LogP contribution is 2.36. The van der Waals surface area contributed by atoms with Crippen molar-refractivity contribution in [1.29, 1.82) is 0 Å². The molecule has 0 radical (unpaired) electrons. The summed E-state index contributed by atoms with van der Waals surface area (Å²) in [7, 11) is -3.64. The lowest BCUT2D eigenvalue weighted by atomic mass is 10.0. The number of benzene rings is 3. The number of anilines is 1. The average molecular weight is 594 g/mol. The molecule has 1 aliphatic rings. The molecule has 0 spiro atoms. The molecule has 3 aromatic carbocycles. The Bertz CT molecular complexity index is 1460. The lowest BCUT2D eigenvalue weighted by Crippen LogP contribution is -2.50. The first-order chi connectivity index (χ1) is 20.2. The molecule has 0 fully saturated rings. The SMILES string of the molecule is CCCNC(=O)C(Cc1ccccc1)N(Cc1ccc(C)cc1)C(=O)CCCN(c1ccc2c(c1)OCO2)S(C)(=O)=O. The van der Waals surface area contributed by atoms with Gasteiger partial charge in [0.2, 0.25) is 28.6 Å². The van der Waals surface area contributed by atoms with E-state index in [1.165, 1.54) is 4.31 Å². The van der Waals surface area contributed by atoms with Gasteiger partial charge in [0.1, 0.15) is 6.04 Å². The van der Waals surface area contributed by atoms with E-state index in [1.54, 1.807) is 23.1 Å². The summed E-state index contributed by atoms with van der Waals surface area (Å²) in [5.41, 5.74) is 3.39. The molecule has 0 aliphatic carbocycles. The van der Waals surface area contributed by atoms with Gasteiger partial charge in [-0.15, -0.1) is 0 Å². The third-order valence-electron chi connectivity index (χ3n) is 7.09. The molecule has 4 rings (SSSR count). The molecule has 1 unspecified atom stereocenters. The first-order valence-electron chi connectivity index (χ1n) is 14.2. The van der Waals surface area contributed by atoms with E-state index in [0.29, 0.717) is 30.2 Å². The average Bonchev–Trinajstić information content (AvgIpc) is 3.44. The summed E-state index contributed by atoms with van der Waals surface area (Å²) in [6.45, 7) is 4.92. The molecule has 9 nitrogen and oxygen atoms in total. The third kappa shape index (κ3) is 8.25. The van der Waals surface area contributed by atoms with Crippen LogP contribution in [0.15, 0.2) is 72.8 Å². The van der Waals surface area contributed by atoms with Gasteiger partial charge in [0.15, 0.2) is 11.5 Å². The van der Waals surface area contributed by atoms with Crippen molar-refractivity contribution in [1.82, 2.24) is 10.2 Å². The molecular formula is C32H39N3O6S. The Morgan fingerprint density at radius 2 is 1.67 bits per heavy atom. The zero-order valence-corrected chi connectivity index (χ0v) is 25.2. The number of hydrogen-bond acceptors (Lipinski definition) is 6. The van der Waals surface area contributed by atoms with Gasteiger partial charge in [0.05, 0.1) is 11.9 Å². The van der Waals surface area contributed by atoms with Gasteiger partial charge in [0.25, 0.3) is 0 Å². The van der Waals surface area contributed by atoms with Crippen LogP contribution < -0.4 is 19.1 Å². The number of hydrogen-bond donors (Lipinski definition) is 1. The van der Waals surface area contributed by atoms with Crippen LogP contribution in [0.3, 0.4) is 0 Å². The number of carbonyl (C=O) groups excluding carboxylic acids is 2. The van der Waals surface area contributed by atoms with E-state index in [-0.39, 0.29) is 44.5 Å². The van der Waals surface area contributed by atoms with Gasteiger partial charge >= 0.3 is 0 Å². The molecule has 10 heteroatoms. The molecule has 1 atom stereocenters. The maximum atomic E-state index is 13.9. The van der Waals surface area contributed by atoms with Crippen molar-refractivity contribution in [2.24, 2.45) is 0 Å². The van der Waals surface area contributed by atoms with Crippen LogP contribution in [0.4, 0.5) is 5.69 Å². The van der Waals surface area contributed by atoms with Crippen molar-refractivity contribution < 1.29 is 27.5 Å². The van der Waals surface area contributed by atoms with E-state index in [2.05, 4.69) is 5.32 Å². The van der Waals surface area contributed by atoms with Crippen molar-refractivity contribution in [3.05, 3.63) is 89.5 Å². The Hall–Kier alpha value is -4.05. The Morgan fingerprint density at radius 3 is 2.36 bits per heavy atom. The van der Waals surface area contributed by atoms with Crippen LogP contribution in [0.5, 0.6) is 11.5 Å². The number of fused-ring (bicyclic) bond motifs is 1. The molecule has 1 aliphatic heterocycles. The molecule has 0 bridgehead atoms. The van der Waals surface area contributed by atoms with Crippen LogP contribution in [-0.2, 0) is 32.6 Å². The minimum atomic E-state index is -3.64. The number of amides is 2. The smallest absolute Gasteiger partial charge is 0.243 e. The minimum absolute atomic E-state index is 0.0643. The molecule has 1 N–H and O–H groups in total. The molecule has 2 amide bonds. The maximum Gasteiger partial charge on any atom is 0.243 e. The highest BCUT2D eigenvalue weighted by Gasteiger charge is 2.30. The lowest BCUT2D eigenvalue weighted by Gasteiger charge is -2.32. The largest absolute Gasteiger partial charge is 0.454 e. The summed E-state index contributed by atoms with van der Waals surface area (Å²) in [5.74, 6) is 0.602. The summed E-state index contributed by atoms with van der Waals surface area (Å²) >= 11 is 0. The fourth-order valence-corrected chi connectivity index (χ4v) is 5.81. The predicted octanol–water partition coefficient (Wildman–Crippen LogP) is 4.44. The second-order valence-electron chi connectivity index (χ2n) is 10.5. The van der Waals surface area contributed by atoms with Crippen molar-refractivity contribution in [3.63, 3.8) is 0 Å². The Labute approximate surface area is 248 Å². The first kappa shape index (κ1) is 30.9. The van der Waals surface area contributed by atoms with E-state index in [4.69, 9.17) is 9.47 Å². The quantitative estimate of drug-likeness (QED) is 0.297. The molecular weight excluding hydrogens is 554 g/mol. The molecule has 0 aromatic heterocycles. The van der Waals surface area contributed by atoms with E-state index < -0.39 is 16.1 Å². The van der Waals surface area contributed by atoms with Crippen molar-refractivity contribution >= 4 is 27.5 Å². The van der Waals surface area contributed by atoms with E-state index in [0.717, 1.165) is 29.4 Å². The van der Waals surface area contributed by atoms with Gasteiger partial charge in [-0.05, 0) is 43.0 Å². The first-order valence-corrected chi connectivity index (χ1v) is 16.0. The second kappa shape index (κ2) is 14.2. The highest BCUT2D eigenvalue weighted by molar-refractivity contribution is 7.92. The van der Waals surface area contributed by atoms with E-state index in [1.807, 2.05) is 68.4 Å². The number of rotatable bonds is 14. The van der Waals surface area contributed by atoms with Crippen molar-refractivity contribution in [3.8, 4) is 11.5 Å². The summed E-state index contributed by atoms with van der Waals surface area (Å²) in [6, 6.07) is 21.8. The normalized spacial score (nSPS) is 12.9. The highest BCUT2D eigenvalue weighted by atomic mass is 32.2. The third-order valence-corrected chi connectivity index (χ3v) is 8.28. The van der Waals surface area contributed by atoms with E-state index >= 15 is 0 Å². The summed E-state index contributed by atoms with van der Waals surface area (Å²) in [4.78, 5) is 29.0. The van der Waals surface area contributed by atoms with Crippen molar-refractivity contribution in [2.75, 3.05) is 30.4 Å². The minimum Gasteiger partial charge on any atom is -0.454 e. The number of carbonyl (C=O) groups is 2. The molecule has 1 heterocycles. The number of nitrogens with zero attached hydrogens (tertiary/aromatic N) is 2. The Balaban J connectivity index is 1.56. The number of aryl methyl sites for hydroxylation is 1. The summed E-state index contributed by atoms with van der Waals surface area (Å²) in [6.07, 6.45) is 2.60. The number of sulfonamides is 1. The van der Waals surface area contributed by atoms with Gasteiger partial charge in [0, 0.05) is 38.5 Å². The van der Waals surface area contributed by atoms with Gasteiger partial charge in [-0.1, -0.05) is 67.1 Å². The fraction of sp³-hybridized carbons (Fsp3) is 0.375. The van der Waals surface area contributed by atoms with Gasteiger partial charge in [-0.25, -0.2) is 8.42 Å². The van der Waals surface area contributed by atoms with Crippen LogP contribution >= 0.6 is 0 Å². The van der Waals surface area contributed by atoms with Gasteiger partial charge in [-0.3, -0.25) is 13.9 Å². The zero-order valence-electron chi connectivity index (χ0n) is 24.4. The van der Waals surface area contributed by atoms with Crippen LogP contribution in [0.25, 0.3) is 0 Å². The summed E-state index contributed by atoms with van der Waals surface area (Å²) in [5, 5.41) is 2.98. The molecule has 0 saturated heterocycles. The number of ether oxygens (including phenoxy) is 2. The molecule has 224 valence electrons. The molecule has 3 aromatic rings. The summed E-state index contributed by atoms with van der Waals surface area (Å²) < 4.78 is 37.5. The lowest BCUT2D eigenvalue weighted by molar-refractivity contribution is -0.141. The van der Waals surface area contributed by atoms with Crippen LogP contribution in [0.1, 0.15) is 42.9 Å². The van der Waals surface area contributed by atoms with Crippen LogP contribution in [0.2, 0.25) is 0 Å². The Morgan fingerprint density at radius 1 is 0.952 bits per heavy atom. The number of nitrogens with one attached hydrogen (secondary N) is 1. The van der Waals surface area contributed by atoms with Crippen LogP contribution in [-0.4, -0.2) is 57.3 Å². The van der Waals surface area contributed by atoms with E-state index in [9.17, 15) is 18.0 Å². The maximum absolute atomic E-state index is 13.9. The van der Waals surface area contributed by atoms with Crippen LogP contribution in [0, 0.1) is 6.92 Å².